The van der Waals surface area contributed by atoms with Gasteiger partial charge in [-0.2, -0.15) is 0 Å². The van der Waals surface area contributed by atoms with Gasteiger partial charge in [0.1, 0.15) is 5.82 Å². The summed E-state index contributed by atoms with van der Waals surface area (Å²) in [6.07, 6.45) is 0. The number of hydrogen-bond donors (Lipinski definition) is 2. The van der Waals surface area contributed by atoms with E-state index in [9.17, 15) is 0 Å². The highest BCUT2D eigenvalue weighted by Crippen LogP contribution is 2.33. The Morgan fingerprint density at radius 2 is 1.79 bits per heavy atom. The second-order valence-corrected chi connectivity index (χ2v) is 5.68. The first-order valence-corrected chi connectivity index (χ1v) is 7.13. The number of nitrogens with one attached hydrogen (secondary N) is 2. The lowest BCUT2D eigenvalue weighted by molar-refractivity contribution is 1.27. The summed E-state index contributed by atoms with van der Waals surface area (Å²) in [5.41, 5.74) is 2.06. The van der Waals surface area contributed by atoms with Crippen molar-refractivity contribution in [3.63, 3.8) is 0 Å². The molecule has 0 radical (unpaired) electrons. The predicted molar refractivity (Wildman–Crippen MR) is 86.0 cm³/mol. The van der Waals surface area contributed by atoms with Gasteiger partial charge in [0.2, 0.25) is 0 Å². The second-order valence-electron chi connectivity index (χ2n) is 4.01. The lowest BCUT2D eigenvalue weighted by Gasteiger charge is -2.12. The SMILES string of the molecule is CNc1nc(Nc2ccc(C)cc2Br)c(Cl)cc1Cl. The number of rotatable bonds is 3. The number of aryl methyl sites for hydroxylation is 1. The zero-order valence-corrected chi connectivity index (χ0v) is 13.5. The number of anilines is 3. The Morgan fingerprint density at radius 3 is 2.42 bits per heavy atom. The average Bonchev–Trinajstić information content (AvgIpc) is 2.35. The summed E-state index contributed by atoms with van der Waals surface area (Å²) in [6, 6.07) is 7.65. The maximum Gasteiger partial charge on any atom is 0.151 e. The molecular formula is C13H12BrCl2N3. The van der Waals surface area contributed by atoms with E-state index in [4.69, 9.17) is 23.2 Å². The van der Waals surface area contributed by atoms with E-state index in [0.29, 0.717) is 21.7 Å². The Morgan fingerprint density at radius 1 is 1.11 bits per heavy atom. The van der Waals surface area contributed by atoms with Gasteiger partial charge in [0.15, 0.2) is 5.82 Å². The van der Waals surface area contributed by atoms with Gasteiger partial charge >= 0.3 is 0 Å². The molecule has 0 aliphatic heterocycles. The third-order valence-electron chi connectivity index (χ3n) is 2.54. The van der Waals surface area contributed by atoms with Crippen molar-refractivity contribution in [1.82, 2.24) is 4.98 Å². The first kappa shape index (κ1) is 14.4. The summed E-state index contributed by atoms with van der Waals surface area (Å²) in [6.45, 7) is 2.03. The average molecular weight is 361 g/mol. The van der Waals surface area contributed by atoms with Crippen molar-refractivity contribution in [2.45, 2.75) is 6.92 Å². The van der Waals surface area contributed by atoms with E-state index in [1.165, 1.54) is 5.56 Å². The third kappa shape index (κ3) is 3.32. The van der Waals surface area contributed by atoms with Gasteiger partial charge in [-0.15, -0.1) is 0 Å². The minimum Gasteiger partial charge on any atom is -0.372 e. The smallest absolute Gasteiger partial charge is 0.151 e. The number of nitrogens with zero attached hydrogens (tertiary/aromatic N) is 1. The van der Waals surface area contributed by atoms with Gasteiger partial charge in [0, 0.05) is 11.5 Å². The van der Waals surface area contributed by atoms with Crippen LogP contribution in [0.4, 0.5) is 17.3 Å². The minimum atomic E-state index is 0.469. The second kappa shape index (κ2) is 5.99. The number of hydrogen-bond acceptors (Lipinski definition) is 3. The fraction of sp³-hybridized carbons (Fsp3) is 0.154. The van der Waals surface area contributed by atoms with Gasteiger partial charge in [-0.1, -0.05) is 29.3 Å². The van der Waals surface area contributed by atoms with Crippen molar-refractivity contribution in [3.05, 3.63) is 44.3 Å². The number of pyridine rings is 1. The molecule has 0 aliphatic carbocycles. The molecule has 0 fully saturated rings. The molecule has 0 spiro atoms. The normalized spacial score (nSPS) is 10.4. The molecule has 0 bridgehead atoms. The molecular weight excluding hydrogens is 349 g/mol. The van der Waals surface area contributed by atoms with E-state index in [1.54, 1.807) is 13.1 Å². The summed E-state index contributed by atoms with van der Waals surface area (Å²) in [5.74, 6) is 1.14. The van der Waals surface area contributed by atoms with Crippen molar-refractivity contribution in [2.75, 3.05) is 17.7 Å². The molecule has 2 aromatic rings. The van der Waals surface area contributed by atoms with Crippen LogP contribution >= 0.6 is 39.1 Å². The molecule has 2 rings (SSSR count). The van der Waals surface area contributed by atoms with E-state index in [0.717, 1.165) is 10.2 Å². The van der Waals surface area contributed by atoms with Gasteiger partial charge < -0.3 is 10.6 Å². The summed E-state index contributed by atoms with van der Waals surface area (Å²) in [5, 5.41) is 7.06. The molecule has 0 saturated heterocycles. The molecule has 3 nitrogen and oxygen atoms in total. The lowest BCUT2D eigenvalue weighted by atomic mass is 10.2. The number of halogens is 3. The maximum absolute atomic E-state index is 6.14. The van der Waals surface area contributed by atoms with Crippen LogP contribution < -0.4 is 10.6 Å². The monoisotopic (exact) mass is 359 g/mol. The highest BCUT2D eigenvalue weighted by atomic mass is 79.9. The van der Waals surface area contributed by atoms with E-state index in [1.807, 2.05) is 25.1 Å². The third-order valence-corrected chi connectivity index (χ3v) is 3.78. The summed E-state index contributed by atoms with van der Waals surface area (Å²) in [4.78, 5) is 4.34. The Kier molecular flexibility index (Phi) is 4.55. The summed E-state index contributed by atoms with van der Waals surface area (Å²) >= 11 is 15.7. The van der Waals surface area contributed by atoms with Gasteiger partial charge in [0.25, 0.3) is 0 Å². The topological polar surface area (TPSA) is 37.0 Å². The molecule has 0 saturated carbocycles. The van der Waals surface area contributed by atoms with Gasteiger partial charge in [-0.25, -0.2) is 4.98 Å². The van der Waals surface area contributed by atoms with Crippen LogP contribution in [0.25, 0.3) is 0 Å². The van der Waals surface area contributed by atoms with E-state index in [2.05, 4.69) is 31.5 Å². The van der Waals surface area contributed by atoms with Crippen LogP contribution in [0, 0.1) is 6.92 Å². The number of aromatic nitrogens is 1. The lowest BCUT2D eigenvalue weighted by Crippen LogP contribution is -2.00. The minimum absolute atomic E-state index is 0.469. The van der Waals surface area contributed by atoms with Crippen molar-refractivity contribution in [1.29, 1.82) is 0 Å². The molecule has 0 amide bonds. The highest BCUT2D eigenvalue weighted by molar-refractivity contribution is 9.10. The first-order valence-electron chi connectivity index (χ1n) is 5.58. The molecule has 100 valence electrons. The van der Waals surface area contributed by atoms with Crippen molar-refractivity contribution >= 4 is 56.5 Å². The van der Waals surface area contributed by atoms with Crippen molar-refractivity contribution in [3.8, 4) is 0 Å². The van der Waals surface area contributed by atoms with E-state index < -0.39 is 0 Å². The number of benzene rings is 1. The maximum atomic E-state index is 6.14. The van der Waals surface area contributed by atoms with Gasteiger partial charge in [-0.3, -0.25) is 0 Å². The van der Waals surface area contributed by atoms with Crippen LogP contribution in [-0.2, 0) is 0 Å². The highest BCUT2D eigenvalue weighted by Gasteiger charge is 2.10. The Hall–Kier alpha value is -0.970. The zero-order chi connectivity index (χ0) is 14.0. The molecule has 19 heavy (non-hydrogen) atoms. The van der Waals surface area contributed by atoms with Crippen LogP contribution in [0.15, 0.2) is 28.7 Å². The van der Waals surface area contributed by atoms with Crippen molar-refractivity contribution in [2.24, 2.45) is 0 Å². The molecule has 6 heteroatoms. The summed E-state index contributed by atoms with van der Waals surface area (Å²) in [7, 11) is 1.76. The summed E-state index contributed by atoms with van der Waals surface area (Å²) < 4.78 is 0.950. The molecule has 2 N–H and O–H groups in total. The fourth-order valence-corrected chi connectivity index (χ4v) is 2.67. The predicted octanol–water partition coefficient (Wildman–Crippen LogP) is 5.24. The quantitative estimate of drug-likeness (QED) is 0.785. The zero-order valence-electron chi connectivity index (χ0n) is 10.4. The Balaban J connectivity index is 2.37. The van der Waals surface area contributed by atoms with Gasteiger partial charge in [0.05, 0.1) is 15.7 Å². The largest absolute Gasteiger partial charge is 0.372 e. The van der Waals surface area contributed by atoms with Crippen molar-refractivity contribution < 1.29 is 0 Å². The van der Waals surface area contributed by atoms with Crippen LogP contribution in [0.2, 0.25) is 10.0 Å². The standard InChI is InChI=1S/C13H12BrCl2N3/c1-7-3-4-11(8(14)5-7)18-13-10(16)6-9(15)12(17-2)19-13/h3-6H,1-2H3,(H2,17,18,19). The molecule has 0 aliphatic rings. The molecule has 1 aromatic heterocycles. The van der Waals surface area contributed by atoms with E-state index in [-0.39, 0.29) is 0 Å². The van der Waals surface area contributed by atoms with Crippen LogP contribution in [0.5, 0.6) is 0 Å². The van der Waals surface area contributed by atoms with Crippen LogP contribution in [0.1, 0.15) is 5.56 Å². The first-order chi connectivity index (χ1) is 9.01. The Bertz CT molecular complexity index is 617. The molecule has 1 aromatic carbocycles. The molecule has 1 heterocycles. The van der Waals surface area contributed by atoms with Crippen LogP contribution in [-0.4, -0.2) is 12.0 Å². The molecule has 0 atom stereocenters. The molecule has 0 unspecified atom stereocenters. The van der Waals surface area contributed by atoms with Crippen LogP contribution in [0.3, 0.4) is 0 Å². The van der Waals surface area contributed by atoms with E-state index >= 15 is 0 Å². The fourth-order valence-electron chi connectivity index (χ4n) is 1.58. The van der Waals surface area contributed by atoms with Gasteiger partial charge in [-0.05, 0) is 46.6 Å². The Labute approximate surface area is 130 Å².